The zero-order chi connectivity index (χ0) is 20.1. The van der Waals surface area contributed by atoms with E-state index < -0.39 is 6.04 Å². The highest BCUT2D eigenvalue weighted by atomic mass is 16.5. The summed E-state index contributed by atoms with van der Waals surface area (Å²) in [6.07, 6.45) is 0.514. The summed E-state index contributed by atoms with van der Waals surface area (Å²) in [5.74, 6) is -0.0285. The van der Waals surface area contributed by atoms with Crippen LogP contribution in [-0.4, -0.2) is 54.5 Å². The number of nitrogens with zero attached hydrogens (tertiary/aromatic N) is 2. The van der Waals surface area contributed by atoms with Gasteiger partial charge in [-0.15, -0.1) is 0 Å². The molecule has 0 aliphatic carbocycles. The van der Waals surface area contributed by atoms with E-state index in [-0.39, 0.29) is 18.4 Å². The first-order chi connectivity index (χ1) is 13.5. The molecular weight excluding hydrogens is 352 g/mol. The summed E-state index contributed by atoms with van der Waals surface area (Å²) in [5, 5.41) is 0. The molecule has 0 unspecified atom stereocenters. The van der Waals surface area contributed by atoms with Crippen LogP contribution < -0.4 is 0 Å². The molecule has 1 aliphatic rings. The second kappa shape index (κ2) is 9.02. The molecule has 1 fully saturated rings. The smallest absolute Gasteiger partial charge is 0.246 e. The van der Waals surface area contributed by atoms with E-state index in [1.54, 1.807) is 16.9 Å². The lowest BCUT2D eigenvalue weighted by molar-refractivity contribution is -0.157. The van der Waals surface area contributed by atoms with Crippen molar-refractivity contribution in [1.29, 1.82) is 0 Å². The van der Waals surface area contributed by atoms with Gasteiger partial charge in [-0.25, -0.2) is 0 Å². The van der Waals surface area contributed by atoms with E-state index in [2.05, 4.69) is 26.0 Å². The van der Waals surface area contributed by atoms with Gasteiger partial charge < -0.3 is 14.5 Å². The molecule has 148 valence electrons. The van der Waals surface area contributed by atoms with Gasteiger partial charge in [-0.2, -0.15) is 0 Å². The van der Waals surface area contributed by atoms with Crippen LogP contribution in [-0.2, 0) is 27.3 Å². The zero-order valence-electron chi connectivity index (χ0n) is 16.9. The monoisotopic (exact) mass is 380 g/mol. The van der Waals surface area contributed by atoms with Gasteiger partial charge in [-0.3, -0.25) is 9.59 Å². The number of rotatable bonds is 7. The fraction of sp³-hybridized carbons (Fsp3) is 0.391. The van der Waals surface area contributed by atoms with Crippen LogP contribution in [0.1, 0.15) is 22.3 Å². The number of carbonyl (C=O) groups excluding carboxylic acids is 2. The number of ether oxygens (including phenoxy) is 1. The molecule has 5 nitrogen and oxygen atoms in total. The maximum Gasteiger partial charge on any atom is 0.246 e. The van der Waals surface area contributed by atoms with Crippen LogP contribution in [0.4, 0.5) is 0 Å². The summed E-state index contributed by atoms with van der Waals surface area (Å²) in [5.41, 5.74) is 4.51. The topological polar surface area (TPSA) is 49.9 Å². The summed E-state index contributed by atoms with van der Waals surface area (Å²) >= 11 is 0. The minimum atomic E-state index is -0.498. The average molecular weight is 380 g/mol. The molecule has 1 atom stereocenters. The Balaban J connectivity index is 1.86. The predicted octanol–water partition coefficient (Wildman–Crippen LogP) is 2.73. The Bertz CT molecular complexity index is 835. The molecule has 0 N–H and O–H groups in total. The third-order valence-corrected chi connectivity index (χ3v) is 5.38. The third kappa shape index (κ3) is 4.60. The second-order valence-corrected chi connectivity index (χ2v) is 7.40. The Morgan fingerprint density at radius 3 is 2.43 bits per heavy atom. The van der Waals surface area contributed by atoms with E-state index in [9.17, 15) is 9.59 Å². The van der Waals surface area contributed by atoms with Gasteiger partial charge in [-0.05, 0) is 36.1 Å². The van der Waals surface area contributed by atoms with Gasteiger partial charge in [-0.1, -0.05) is 48.5 Å². The van der Waals surface area contributed by atoms with Crippen LogP contribution in [0.5, 0.6) is 0 Å². The summed E-state index contributed by atoms with van der Waals surface area (Å²) < 4.78 is 5.11. The number of hydrogen-bond acceptors (Lipinski definition) is 3. The second-order valence-electron chi connectivity index (χ2n) is 7.40. The van der Waals surface area contributed by atoms with Crippen molar-refractivity contribution in [3.05, 3.63) is 70.8 Å². The maximum absolute atomic E-state index is 13.2. The van der Waals surface area contributed by atoms with E-state index in [0.29, 0.717) is 26.1 Å². The highest BCUT2D eigenvalue weighted by Gasteiger charge is 2.39. The molecule has 0 aromatic heterocycles. The molecule has 0 bridgehead atoms. The Kier molecular flexibility index (Phi) is 6.47. The van der Waals surface area contributed by atoms with Crippen molar-refractivity contribution in [1.82, 2.24) is 9.80 Å². The minimum absolute atomic E-state index is 0.00987. The number of amides is 2. The SMILES string of the molecule is COCCN1CC(=O)N(Cc2ccc(C)c(C)c2)[C@H](Cc2ccccc2)C1=O. The molecule has 2 amide bonds. The van der Waals surface area contributed by atoms with Crippen molar-refractivity contribution in [3.8, 4) is 0 Å². The highest BCUT2D eigenvalue weighted by Crippen LogP contribution is 2.21. The average Bonchev–Trinajstić information content (AvgIpc) is 2.69. The molecule has 3 rings (SSSR count). The van der Waals surface area contributed by atoms with E-state index in [1.165, 1.54) is 11.1 Å². The van der Waals surface area contributed by atoms with Crippen LogP contribution in [0, 0.1) is 13.8 Å². The lowest BCUT2D eigenvalue weighted by Gasteiger charge is -2.40. The number of benzene rings is 2. The van der Waals surface area contributed by atoms with Crippen LogP contribution in [0.2, 0.25) is 0 Å². The Morgan fingerprint density at radius 2 is 1.75 bits per heavy atom. The molecule has 1 heterocycles. The van der Waals surface area contributed by atoms with Gasteiger partial charge in [0.2, 0.25) is 11.8 Å². The summed E-state index contributed by atoms with van der Waals surface area (Å²) in [6.45, 7) is 5.55. The number of aryl methyl sites for hydroxylation is 2. The number of hydrogen-bond donors (Lipinski definition) is 0. The zero-order valence-corrected chi connectivity index (χ0v) is 16.9. The molecule has 0 saturated carbocycles. The van der Waals surface area contributed by atoms with E-state index in [1.807, 2.05) is 36.4 Å². The normalized spacial score (nSPS) is 17.3. The highest BCUT2D eigenvalue weighted by molar-refractivity contribution is 5.95. The standard InChI is InChI=1S/C23H28N2O3/c1-17-9-10-20(13-18(17)2)15-25-21(14-19-7-5-4-6-8-19)23(27)24(11-12-28-3)16-22(25)26/h4-10,13,21H,11-12,14-16H2,1-3H3/t21-/m1/s1. The molecule has 2 aromatic carbocycles. The summed E-state index contributed by atoms with van der Waals surface area (Å²) in [7, 11) is 1.60. The third-order valence-electron chi connectivity index (χ3n) is 5.38. The molecular formula is C23H28N2O3. The van der Waals surface area contributed by atoms with Crippen molar-refractivity contribution < 1.29 is 14.3 Å². The van der Waals surface area contributed by atoms with Gasteiger partial charge in [0, 0.05) is 26.6 Å². The molecule has 28 heavy (non-hydrogen) atoms. The number of piperazine rings is 1. The Hall–Kier alpha value is -2.66. The van der Waals surface area contributed by atoms with E-state index in [4.69, 9.17) is 4.74 Å². The first kappa shape index (κ1) is 20.1. The quantitative estimate of drug-likeness (QED) is 0.742. The minimum Gasteiger partial charge on any atom is -0.383 e. The van der Waals surface area contributed by atoms with Crippen molar-refractivity contribution in [2.75, 3.05) is 26.8 Å². The van der Waals surface area contributed by atoms with Crippen molar-refractivity contribution >= 4 is 11.8 Å². The Morgan fingerprint density at radius 1 is 1.00 bits per heavy atom. The van der Waals surface area contributed by atoms with Gasteiger partial charge in [0.15, 0.2) is 0 Å². The lowest BCUT2D eigenvalue weighted by atomic mass is 9.99. The first-order valence-corrected chi connectivity index (χ1v) is 9.67. The van der Waals surface area contributed by atoms with Crippen LogP contribution in [0.3, 0.4) is 0 Å². The van der Waals surface area contributed by atoms with E-state index in [0.717, 1.165) is 11.1 Å². The van der Waals surface area contributed by atoms with Gasteiger partial charge in [0.25, 0.3) is 0 Å². The van der Waals surface area contributed by atoms with Crippen LogP contribution >= 0.6 is 0 Å². The Labute approximate surface area is 166 Å². The van der Waals surface area contributed by atoms with E-state index >= 15 is 0 Å². The van der Waals surface area contributed by atoms with Crippen molar-refractivity contribution in [2.45, 2.75) is 32.9 Å². The predicted molar refractivity (Wildman–Crippen MR) is 109 cm³/mol. The van der Waals surface area contributed by atoms with Gasteiger partial charge >= 0.3 is 0 Å². The van der Waals surface area contributed by atoms with Gasteiger partial charge in [0.1, 0.15) is 6.04 Å². The number of carbonyl (C=O) groups is 2. The molecule has 1 saturated heterocycles. The van der Waals surface area contributed by atoms with Crippen LogP contribution in [0.15, 0.2) is 48.5 Å². The lowest BCUT2D eigenvalue weighted by Crippen LogP contribution is -2.60. The van der Waals surface area contributed by atoms with Crippen LogP contribution in [0.25, 0.3) is 0 Å². The van der Waals surface area contributed by atoms with Gasteiger partial charge in [0.05, 0.1) is 13.2 Å². The molecule has 0 spiro atoms. The fourth-order valence-corrected chi connectivity index (χ4v) is 3.57. The summed E-state index contributed by atoms with van der Waals surface area (Å²) in [4.78, 5) is 29.5. The number of methoxy groups -OCH3 is 1. The summed E-state index contributed by atoms with van der Waals surface area (Å²) in [6, 6.07) is 15.6. The maximum atomic E-state index is 13.2. The first-order valence-electron chi connectivity index (χ1n) is 9.67. The van der Waals surface area contributed by atoms with Crippen molar-refractivity contribution in [2.24, 2.45) is 0 Å². The largest absolute Gasteiger partial charge is 0.383 e. The molecule has 1 aliphatic heterocycles. The molecule has 2 aromatic rings. The van der Waals surface area contributed by atoms with Crippen molar-refractivity contribution in [3.63, 3.8) is 0 Å². The fourth-order valence-electron chi connectivity index (χ4n) is 3.57. The molecule has 0 radical (unpaired) electrons. The molecule has 5 heteroatoms.